The molecule has 3 heteroatoms. The van der Waals surface area contributed by atoms with E-state index in [2.05, 4.69) is 23.4 Å². The predicted octanol–water partition coefficient (Wildman–Crippen LogP) is 3.59. The topological polar surface area (TPSA) is 12.4 Å². The third kappa shape index (κ3) is 1.96. The van der Waals surface area contributed by atoms with Gasteiger partial charge in [-0.25, -0.2) is 0 Å². The minimum absolute atomic E-state index is 0.502. The lowest BCUT2D eigenvalue weighted by Crippen LogP contribution is -2.03. The van der Waals surface area contributed by atoms with E-state index in [0.29, 0.717) is 5.92 Å². The largest absolute Gasteiger partial charge is 0.282 e. The molecule has 14 heavy (non-hydrogen) atoms. The van der Waals surface area contributed by atoms with E-state index < -0.39 is 0 Å². The Morgan fingerprint density at radius 1 is 1.36 bits per heavy atom. The highest BCUT2D eigenvalue weighted by molar-refractivity contribution is 8.13. The van der Waals surface area contributed by atoms with Crippen molar-refractivity contribution < 1.29 is 0 Å². The second-order valence-electron chi connectivity index (χ2n) is 3.32. The van der Waals surface area contributed by atoms with Crippen molar-refractivity contribution in [1.82, 2.24) is 0 Å². The van der Waals surface area contributed by atoms with Gasteiger partial charge in [0.1, 0.15) is 0 Å². The first-order valence-corrected chi connectivity index (χ1v) is 6.25. The van der Waals surface area contributed by atoms with Gasteiger partial charge in [0.15, 0.2) is 0 Å². The van der Waals surface area contributed by atoms with Crippen LogP contribution in [0.15, 0.2) is 29.3 Å². The van der Waals surface area contributed by atoms with Gasteiger partial charge in [-0.15, -0.1) is 11.8 Å². The van der Waals surface area contributed by atoms with Crippen LogP contribution < -0.4 is 0 Å². The molecule has 1 aliphatic rings. The Labute approximate surface area is 93.6 Å². The second-order valence-corrected chi connectivity index (χ2v) is 4.58. The average Bonchev–Trinajstić information content (AvgIpc) is 2.67. The zero-order valence-electron chi connectivity index (χ0n) is 8.03. The average molecular weight is 226 g/mol. The Morgan fingerprint density at radius 2 is 2.07 bits per heavy atom. The van der Waals surface area contributed by atoms with Crippen LogP contribution in [0.25, 0.3) is 0 Å². The highest BCUT2D eigenvalue weighted by atomic mass is 35.5. The van der Waals surface area contributed by atoms with Crippen LogP contribution in [0.3, 0.4) is 0 Å². The van der Waals surface area contributed by atoms with Crippen LogP contribution in [0, 0.1) is 0 Å². The molecule has 0 amide bonds. The van der Waals surface area contributed by atoms with Crippen LogP contribution in [-0.4, -0.2) is 17.8 Å². The fourth-order valence-electron chi connectivity index (χ4n) is 1.75. The quantitative estimate of drug-likeness (QED) is 0.712. The molecule has 0 aromatic heterocycles. The summed E-state index contributed by atoms with van der Waals surface area (Å²) in [6, 6.07) is 8.11. The maximum Gasteiger partial charge on any atom is 0.0748 e. The van der Waals surface area contributed by atoms with Gasteiger partial charge in [-0.05, 0) is 30.4 Å². The van der Waals surface area contributed by atoms with Gasteiger partial charge >= 0.3 is 0 Å². The summed E-state index contributed by atoms with van der Waals surface area (Å²) >= 11 is 7.61. The normalized spacial score (nSPS) is 21.0. The molecular weight excluding hydrogens is 214 g/mol. The number of aliphatic imine (C=N–C) groups is 1. The zero-order chi connectivity index (χ0) is 9.97. The van der Waals surface area contributed by atoms with Crippen molar-refractivity contribution in [1.29, 1.82) is 0 Å². The minimum atomic E-state index is 0.502. The van der Waals surface area contributed by atoms with Gasteiger partial charge in [-0.1, -0.05) is 23.7 Å². The van der Waals surface area contributed by atoms with Crippen LogP contribution in [0.5, 0.6) is 0 Å². The summed E-state index contributed by atoms with van der Waals surface area (Å²) in [5, 5.41) is 2.06. The Kier molecular flexibility index (Phi) is 3.14. The number of nitrogens with zero attached hydrogens (tertiary/aromatic N) is 1. The SMILES string of the molecule is CSC1=NCCC1c1ccc(Cl)cc1. The van der Waals surface area contributed by atoms with Gasteiger partial charge in [0.05, 0.1) is 5.04 Å². The lowest BCUT2D eigenvalue weighted by atomic mass is 9.99. The maximum atomic E-state index is 5.85. The van der Waals surface area contributed by atoms with E-state index in [1.54, 1.807) is 11.8 Å². The zero-order valence-corrected chi connectivity index (χ0v) is 9.61. The van der Waals surface area contributed by atoms with E-state index in [4.69, 9.17) is 11.6 Å². The highest BCUT2D eigenvalue weighted by Gasteiger charge is 2.21. The summed E-state index contributed by atoms with van der Waals surface area (Å²) in [6.07, 6.45) is 3.23. The molecule has 0 saturated heterocycles. The van der Waals surface area contributed by atoms with Crippen molar-refractivity contribution in [2.24, 2.45) is 4.99 Å². The second kappa shape index (κ2) is 4.37. The monoisotopic (exact) mass is 225 g/mol. The Hall–Kier alpha value is -0.470. The highest BCUT2D eigenvalue weighted by Crippen LogP contribution is 2.31. The van der Waals surface area contributed by atoms with E-state index >= 15 is 0 Å². The van der Waals surface area contributed by atoms with E-state index in [1.807, 2.05) is 12.1 Å². The van der Waals surface area contributed by atoms with Crippen molar-refractivity contribution in [2.45, 2.75) is 12.3 Å². The molecule has 2 rings (SSSR count). The van der Waals surface area contributed by atoms with Gasteiger partial charge in [0.25, 0.3) is 0 Å². The van der Waals surface area contributed by atoms with Gasteiger partial charge in [0.2, 0.25) is 0 Å². The number of rotatable bonds is 1. The van der Waals surface area contributed by atoms with Crippen LogP contribution >= 0.6 is 23.4 Å². The summed E-state index contributed by atoms with van der Waals surface area (Å²) < 4.78 is 0. The molecule has 0 fully saturated rings. The standard InChI is InChI=1S/C11H12ClNS/c1-14-11-10(6-7-13-11)8-2-4-9(12)5-3-8/h2-5,10H,6-7H2,1H3. The van der Waals surface area contributed by atoms with E-state index in [0.717, 1.165) is 18.0 Å². The van der Waals surface area contributed by atoms with Gasteiger partial charge in [0, 0.05) is 17.5 Å². The van der Waals surface area contributed by atoms with E-state index in [-0.39, 0.29) is 0 Å². The molecular formula is C11H12ClNS. The van der Waals surface area contributed by atoms with Crippen LogP contribution in [0.1, 0.15) is 17.9 Å². The van der Waals surface area contributed by atoms with Crippen molar-refractivity contribution in [2.75, 3.05) is 12.8 Å². The summed E-state index contributed by atoms with van der Waals surface area (Å²) in [4.78, 5) is 4.48. The van der Waals surface area contributed by atoms with E-state index in [9.17, 15) is 0 Å². The molecule has 0 bridgehead atoms. The Bertz CT molecular complexity index is 345. The van der Waals surface area contributed by atoms with Gasteiger partial charge in [-0.2, -0.15) is 0 Å². The minimum Gasteiger partial charge on any atom is -0.282 e. The first kappa shape index (κ1) is 10.1. The van der Waals surface area contributed by atoms with Crippen LogP contribution in [0.2, 0.25) is 5.02 Å². The molecule has 74 valence electrons. The molecule has 1 aliphatic heterocycles. The molecule has 0 aliphatic carbocycles. The summed E-state index contributed by atoms with van der Waals surface area (Å²) in [5.74, 6) is 0.502. The van der Waals surface area contributed by atoms with Crippen molar-refractivity contribution >= 4 is 28.4 Å². The van der Waals surface area contributed by atoms with Crippen LogP contribution in [0.4, 0.5) is 0 Å². The van der Waals surface area contributed by atoms with Gasteiger partial charge < -0.3 is 0 Å². The Morgan fingerprint density at radius 3 is 2.71 bits per heavy atom. The first-order chi connectivity index (χ1) is 6.81. The molecule has 1 heterocycles. The van der Waals surface area contributed by atoms with Crippen molar-refractivity contribution in [3.63, 3.8) is 0 Å². The molecule has 1 aromatic carbocycles. The summed E-state index contributed by atoms with van der Waals surface area (Å²) in [5.41, 5.74) is 1.33. The number of hydrogen-bond donors (Lipinski definition) is 0. The van der Waals surface area contributed by atoms with Crippen LogP contribution in [-0.2, 0) is 0 Å². The van der Waals surface area contributed by atoms with Crippen molar-refractivity contribution in [3.8, 4) is 0 Å². The number of benzene rings is 1. The fourth-order valence-corrected chi connectivity index (χ4v) is 2.63. The lowest BCUT2D eigenvalue weighted by molar-refractivity contribution is 0.846. The summed E-state index contributed by atoms with van der Waals surface area (Å²) in [7, 11) is 0. The molecule has 0 radical (unpaired) electrons. The predicted molar refractivity (Wildman–Crippen MR) is 64.6 cm³/mol. The maximum absolute atomic E-state index is 5.85. The fraction of sp³-hybridized carbons (Fsp3) is 0.364. The Balaban J connectivity index is 2.23. The number of halogens is 1. The smallest absolute Gasteiger partial charge is 0.0748 e. The van der Waals surface area contributed by atoms with Gasteiger partial charge in [-0.3, -0.25) is 4.99 Å². The van der Waals surface area contributed by atoms with Crippen molar-refractivity contribution in [3.05, 3.63) is 34.9 Å². The number of hydrogen-bond acceptors (Lipinski definition) is 2. The third-order valence-corrected chi connectivity index (χ3v) is 3.55. The molecule has 0 saturated carbocycles. The molecule has 0 spiro atoms. The molecule has 1 atom stereocenters. The third-order valence-electron chi connectivity index (χ3n) is 2.47. The molecule has 1 nitrogen and oxygen atoms in total. The van der Waals surface area contributed by atoms with E-state index in [1.165, 1.54) is 10.6 Å². The molecule has 1 unspecified atom stereocenters. The first-order valence-electron chi connectivity index (χ1n) is 4.65. The molecule has 1 aromatic rings. The lowest BCUT2D eigenvalue weighted by Gasteiger charge is -2.11. The molecule has 0 N–H and O–H groups in total. The number of thioether (sulfide) groups is 1. The summed E-state index contributed by atoms with van der Waals surface area (Å²) in [6.45, 7) is 0.962.